The summed E-state index contributed by atoms with van der Waals surface area (Å²) in [5.41, 5.74) is -5.27. The molecule has 1 unspecified atom stereocenters. The predicted octanol–water partition coefficient (Wildman–Crippen LogP) is 3.41. The molecule has 0 amide bonds. The van der Waals surface area contributed by atoms with Crippen LogP contribution >= 0.6 is 0 Å². The van der Waals surface area contributed by atoms with Gasteiger partial charge < -0.3 is 33.9 Å². The van der Waals surface area contributed by atoms with Crippen LogP contribution in [0.25, 0.3) is 0 Å². The zero-order chi connectivity index (χ0) is 31.7. The van der Waals surface area contributed by atoms with Gasteiger partial charge in [0.05, 0.1) is 37.1 Å². The number of aliphatic hydroxyl groups is 2. The zero-order valence-corrected chi connectivity index (χ0v) is 26.3. The number of methoxy groups -OCH3 is 1. The van der Waals surface area contributed by atoms with E-state index in [-0.39, 0.29) is 31.3 Å². The molecule has 3 saturated carbocycles. The van der Waals surface area contributed by atoms with Crippen molar-refractivity contribution in [2.24, 2.45) is 28.6 Å². The Hall–Kier alpha value is -2.50. The van der Waals surface area contributed by atoms with Crippen LogP contribution in [0.4, 0.5) is 4.79 Å². The van der Waals surface area contributed by atoms with Gasteiger partial charge in [-0.15, -0.1) is 0 Å². The highest BCUT2D eigenvalue weighted by atomic mass is 16.8. The molecule has 11 heteroatoms. The van der Waals surface area contributed by atoms with Crippen molar-refractivity contribution in [1.29, 1.82) is 0 Å². The number of fused-ring (bicyclic) bond motifs is 5. The second kappa shape index (κ2) is 10.8. The molecule has 1 aliphatic heterocycles. The van der Waals surface area contributed by atoms with Crippen molar-refractivity contribution in [3.8, 4) is 0 Å². The van der Waals surface area contributed by atoms with Crippen LogP contribution < -0.4 is 0 Å². The minimum absolute atomic E-state index is 0.0813. The Morgan fingerprint density at radius 3 is 2.26 bits per heavy atom. The predicted molar refractivity (Wildman–Crippen MR) is 150 cm³/mol. The van der Waals surface area contributed by atoms with Gasteiger partial charge in [-0.2, -0.15) is 0 Å². The first-order chi connectivity index (χ1) is 20.1. The molecular weight excluding hydrogens is 560 g/mol. The van der Waals surface area contributed by atoms with E-state index in [1.165, 1.54) is 13.8 Å². The molecule has 1 saturated heterocycles. The van der Waals surface area contributed by atoms with Gasteiger partial charge in [0.15, 0.2) is 17.5 Å². The average Bonchev–Trinajstić information content (AvgIpc) is 2.95. The van der Waals surface area contributed by atoms with Gasteiger partial charge in [0, 0.05) is 18.8 Å². The van der Waals surface area contributed by atoms with E-state index in [4.69, 9.17) is 23.7 Å². The quantitative estimate of drug-likeness (QED) is 0.275. The fourth-order valence-electron chi connectivity index (χ4n) is 8.89. The van der Waals surface area contributed by atoms with Crippen LogP contribution in [0.15, 0.2) is 11.1 Å². The number of hydrogen-bond acceptors (Lipinski definition) is 11. The lowest BCUT2D eigenvalue weighted by Crippen LogP contribution is -2.81. The van der Waals surface area contributed by atoms with E-state index >= 15 is 0 Å². The van der Waals surface area contributed by atoms with Crippen LogP contribution in [0.2, 0.25) is 0 Å². The number of Topliss-reactive ketones (excluding diaryl/α,β-unsaturated/α-hetero) is 1. The number of carbonyl (C=O) groups is 4. The van der Waals surface area contributed by atoms with Crippen molar-refractivity contribution < 1.29 is 53.1 Å². The normalized spacial score (nSPS) is 42.3. The second-order valence-corrected chi connectivity index (χ2v) is 14.1. The molecule has 0 aromatic rings. The monoisotopic (exact) mass is 606 g/mol. The van der Waals surface area contributed by atoms with Gasteiger partial charge in [0.25, 0.3) is 0 Å². The molecule has 4 aliphatic carbocycles. The van der Waals surface area contributed by atoms with Gasteiger partial charge in [-0.25, -0.2) is 4.79 Å². The Labute approximate surface area is 252 Å². The zero-order valence-electron chi connectivity index (χ0n) is 26.3. The van der Waals surface area contributed by atoms with E-state index in [0.717, 1.165) is 31.9 Å². The minimum Gasteiger partial charge on any atom is -0.459 e. The summed E-state index contributed by atoms with van der Waals surface area (Å²) in [6.45, 7) is 9.83. The number of carbonyl (C=O) groups excluding carboxylic acids is 4. The molecule has 4 fully saturated rings. The summed E-state index contributed by atoms with van der Waals surface area (Å²) in [4.78, 5) is 54.2. The number of esters is 2. The minimum atomic E-state index is -1.83. The second-order valence-electron chi connectivity index (χ2n) is 14.1. The molecule has 11 nitrogen and oxygen atoms in total. The Kier molecular flexibility index (Phi) is 8.04. The maximum atomic E-state index is 14.9. The largest absolute Gasteiger partial charge is 0.508 e. The first kappa shape index (κ1) is 31.9. The highest BCUT2D eigenvalue weighted by Crippen LogP contribution is 2.64. The van der Waals surface area contributed by atoms with E-state index in [2.05, 4.69) is 0 Å². The third-order valence-corrected chi connectivity index (χ3v) is 11.6. The van der Waals surface area contributed by atoms with E-state index in [1.54, 1.807) is 13.8 Å². The first-order valence-electron chi connectivity index (χ1n) is 15.5. The number of hydrogen-bond donors (Lipinski definition) is 2. The number of rotatable bonds is 4. The van der Waals surface area contributed by atoms with Crippen LogP contribution in [-0.2, 0) is 38.1 Å². The van der Waals surface area contributed by atoms with Crippen LogP contribution in [-0.4, -0.2) is 83.4 Å². The highest BCUT2D eigenvalue weighted by Gasteiger charge is 2.78. The molecule has 5 aliphatic rings. The first-order valence-corrected chi connectivity index (χ1v) is 15.5. The van der Waals surface area contributed by atoms with Crippen molar-refractivity contribution in [2.45, 2.75) is 122 Å². The summed E-state index contributed by atoms with van der Waals surface area (Å²) < 4.78 is 28.9. The maximum Gasteiger partial charge on any atom is 0.508 e. The Balaban J connectivity index is 1.80. The summed E-state index contributed by atoms with van der Waals surface area (Å²) in [6.07, 6.45) is -2.01. The summed E-state index contributed by atoms with van der Waals surface area (Å²) >= 11 is 0. The summed E-state index contributed by atoms with van der Waals surface area (Å²) in [5, 5.41) is 24.9. The van der Waals surface area contributed by atoms with Gasteiger partial charge in [0.1, 0.15) is 17.8 Å². The molecule has 0 aromatic heterocycles. The summed E-state index contributed by atoms with van der Waals surface area (Å²) in [5.74, 6) is -3.76. The third-order valence-electron chi connectivity index (χ3n) is 11.6. The molecular formula is C32H46O11. The van der Waals surface area contributed by atoms with Gasteiger partial charge >= 0.3 is 18.1 Å². The standard InChI is InChI=1S/C32H46O11/c1-16-14-32(38)26(42-27(36)19-11-9-8-10-12-19)24-30(6,20(34)13-21-31(24,15-40-21)43-28(37)39-7)25(35)23(41-18(3)33)22(17(16)2)29(32,4)5/h16,19-21,23-24,26,34,38H,8-15H2,1-7H3/t16-,20-,21+,23+,24?,26-,30+,31-,32+/m0/s1. The molecule has 43 heavy (non-hydrogen) atoms. The lowest BCUT2D eigenvalue weighted by molar-refractivity contribution is -0.345. The van der Waals surface area contributed by atoms with Crippen LogP contribution in [0.5, 0.6) is 0 Å². The van der Waals surface area contributed by atoms with Crippen molar-refractivity contribution in [2.75, 3.05) is 13.7 Å². The van der Waals surface area contributed by atoms with Crippen molar-refractivity contribution >= 4 is 23.9 Å². The van der Waals surface area contributed by atoms with E-state index < -0.39 is 76.2 Å². The van der Waals surface area contributed by atoms with Gasteiger partial charge in [-0.3, -0.25) is 14.4 Å². The molecule has 9 atom stereocenters. The summed E-state index contributed by atoms with van der Waals surface area (Å²) in [7, 11) is 1.16. The number of ether oxygens (including phenoxy) is 5. The van der Waals surface area contributed by atoms with E-state index in [1.807, 2.05) is 13.8 Å². The molecule has 0 spiro atoms. The Morgan fingerprint density at radius 2 is 1.70 bits per heavy atom. The van der Waals surface area contributed by atoms with Crippen molar-refractivity contribution in [1.82, 2.24) is 0 Å². The average molecular weight is 607 g/mol. The van der Waals surface area contributed by atoms with Gasteiger partial charge in [-0.05, 0) is 44.6 Å². The molecule has 240 valence electrons. The summed E-state index contributed by atoms with van der Waals surface area (Å²) in [6, 6.07) is 0. The molecule has 0 aromatic carbocycles. The molecule has 2 bridgehead atoms. The van der Waals surface area contributed by atoms with Crippen molar-refractivity contribution in [3.05, 3.63) is 11.1 Å². The van der Waals surface area contributed by atoms with Crippen LogP contribution in [0.3, 0.4) is 0 Å². The maximum absolute atomic E-state index is 14.9. The topological polar surface area (TPSA) is 155 Å². The molecule has 5 rings (SSSR count). The SMILES string of the molecule is COC(=O)O[C@@]12CO[C@@H]1C[C@H](O)[C@@]1(C)C(=O)[C@H](OC(C)=O)C3=C(C)[C@@H](C)C[C@@](O)([C@@H](OC(=O)C4CCCCC4)C12)C3(C)C. The fourth-order valence-corrected chi connectivity index (χ4v) is 8.89. The third kappa shape index (κ3) is 4.55. The number of aliphatic hydroxyl groups excluding tert-OH is 1. The van der Waals surface area contributed by atoms with Crippen LogP contribution in [0, 0.1) is 28.6 Å². The lowest BCUT2D eigenvalue weighted by atomic mass is 9.44. The van der Waals surface area contributed by atoms with Crippen molar-refractivity contribution in [3.63, 3.8) is 0 Å². The molecule has 2 N–H and O–H groups in total. The Morgan fingerprint density at radius 1 is 1.05 bits per heavy atom. The lowest BCUT2D eigenvalue weighted by Gasteiger charge is -2.67. The Bertz CT molecular complexity index is 1220. The molecule has 0 radical (unpaired) electrons. The van der Waals surface area contributed by atoms with E-state index in [9.17, 15) is 29.4 Å². The van der Waals surface area contributed by atoms with E-state index in [0.29, 0.717) is 18.4 Å². The smallest absolute Gasteiger partial charge is 0.459 e. The van der Waals surface area contributed by atoms with Crippen LogP contribution in [0.1, 0.15) is 86.5 Å². The molecule has 1 heterocycles. The number of allylic oxidation sites excluding steroid dienone is 1. The highest BCUT2D eigenvalue weighted by molar-refractivity contribution is 5.95. The van der Waals surface area contributed by atoms with Gasteiger partial charge in [0.2, 0.25) is 0 Å². The van der Waals surface area contributed by atoms with Gasteiger partial charge in [-0.1, -0.05) is 45.6 Å². The fraction of sp³-hybridized carbons (Fsp3) is 0.812. The number of ketones is 1.